The van der Waals surface area contributed by atoms with Crippen LogP contribution < -0.4 is 0 Å². The van der Waals surface area contributed by atoms with E-state index in [-0.39, 0.29) is 25.2 Å². The number of carbonyl (C=O) groups excluding carboxylic acids is 2. The average molecular weight is 1060 g/mol. The molecule has 5 nitrogen and oxygen atoms in total. The molecule has 0 aliphatic heterocycles. The third-order valence-corrected chi connectivity index (χ3v) is 15.0. The molecule has 0 bridgehead atoms. The average Bonchev–Trinajstić information content (AvgIpc) is 3.42. The van der Waals surface area contributed by atoms with Crippen molar-refractivity contribution >= 4 is 11.9 Å². The van der Waals surface area contributed by atoms with Crippen molar-refractivity contribution in [3.63, 3.8) is 0 Å². The summed E-state index contributed by atoms with van der Waals surface area (Å²) in [6.07, 6.45) is 92.1. The van der Waals surface area contributed by atoms with Crippen LogP contribution in [0.15, 0.2) is 72.9 Å². The Bertz CT molecular complexity index is 1340. The number of ether oxygens (including phenoxy) is 2. The van der Waals surface area contributed by atoms with Gasteiger partial charge in [-0.1, -0.05) is 324 Å². The number of hydrogen-bond acceptors (Lipinski definition) is 5. The summed E-state index contributed by atoms with van der Waals surface area (Å²) < 4.78 is 10.8. The molecule has 1 unspecified atom stereocenters. The molecule has 76 heavy (non-hydrogen) atoms. The molecule has 0 fully saturated rings. The predicted octanol–water partition coefficient (Wildman–Crippen LogP) is 23.1. The van der Waals surface area contributed by atoms with Gasteiger partial charge >= 0.3 is 11.9 Å². The normalized spacial score (nSPS) is 12.6. The maximum atomic E-state index is 12.4. The lowest BCUT2D eigenvalue weighted by molar-refractivity contribution is -0.161. The minimum Gasteiger partial charge on any atom is -0.462 e. The number of allylic oxidation sites excluding steroid dienone is 12. The van der Waals surface area contributed by atoms with E-state index in [1.54, 1.807) is 0 Å². The monoisotopic (exact) mass is 1060 g/mol. The fraction of sp³-hybridized carbons (Fsp3) is 0.803. The van der Waals surface area contributed by atoms with Gasteiger partial charge in [0.25, 0.3) is 0 Å². The smallest absolute Gasteiger partial charge is 0.306 e. The standard InChI is InChI=1S/C71H128O5/c1-3-5-7-9-11-13-15-17-19-21-23-25-27-29-31-32-33-34-35-36-37-38-40-42-44-46-48-50-52-54-56-58-60-62-64-66-71(74)76-69(67-72)68-75-70(73)65-63-61-59-57-55-53-51-49-47-45-43-41-39-30-28-26-24-22-20-18-16-14-12-10-8-6-4-2/h5,7,11,13,16-19,22-25,69,72H,3-4,6,8-10,12,14-15,20-21,26-68H2,1-2H3/b7-5-,13-11-,18-16-,19-17-,24-22-,25-23-. The highest BCUT2D eigenvalue weighted by atomic mass is 16.6. The molecule has 1 N–H and O–H groups in total. The van der Waals surface area contributed by atoms with E-state index in [9.17, 15) is 14.7 Å². The Morgan fingerprint density at radius 3 is 0.855 bits per heavy atom. The SMILES string of the molecule is CC/C=C\C/C=C\C/C=C\C/C=C\CCCCCCCCCCCCCCCCCCCCCCCCC(=O)OC(CO)COC(=O)CCCCCCCCCCCCCCCCC/C=C\C/C=C\CCCCCCC. The summed E-state index contributed by atoms with van der Waals surface area (Å²) in [7, 11) is 0. The lowest BCUT2D eigenvalue weighted by Gasteiger charge is -2.15. The zero-order valence-corrected chi connectivity index (χ0v) is 50.8. The number of aliphatic hydroxyl groups is 1. The fourth-order valence-corrected chi connectivity index (χ4v) is 9.99. The van der Waals surface area contributed by atoms with E-state index in [2.05, 4.69) is 86.8 Å². The Morgan fingerprint density at radius 2 is 0.566 bits per heavy atom. The highest BCUT2D eigenvalue weighted by Crippen LogP contribution is 2.18. The van der Waals surface area contributed by atoms with Crippen LogP contribution in [0.3, 0.4) is 0 Å². The molecule has 0 amide bonds. The van der Waals surface area contributed by atoms with Crippen molar-refractivity contribution < 1.29 is 24.2 Å². The van der Waals surface area contributed by atoms with Crippen LogP contribution in [0.1, 0.15) is 348 Å². The van der Waals surface area contributed by atoms with Crippen LogP contribution in [0.5, 0.6) is 0 Å². The molecular weight excluding hydrogens is 933 g/mol. The van der Waals surface area contributed by atoms with E-state index in [4.69, 9.17) is 9.47 Å². The van der Waals surface area contributed by atoms with E-state index in [1.165, 1.54) is 250 Å². The third kappa shape index (κ3) is 63.9. The fourth-order valence-electron chi connectivity index (χ4n) is 9.99. The molecule has 0 rings (SSSR count). The molecule has 5 heteroatoms. The molecule has 0 aromatic heterocycles. The molecule has 0 aromatic carbocycles. The van der Waals surface area contributed by atoms with Gasteiger partial charge in [0.1, 0.15) is 6.61 Å². The van der Waals surface area contributed by atoms with Gasteiger partial charge in [-0.05, 0) is 83.5 Å². The topological polar surface area (TPSA) is 72.8 Å². The first-order valence-electron chi connectivity index (χ1n) is 33.5. The summed E-state index contributed by atoms with van der Waals surface area (Å²) in [4.78, 5) is 24.6. The van der Waals surface area contributed by atoms with E-state index < -0.39 is 6.10 Å². The first-order chi connectivity index (χ1) is 37.6. The van der Waals surface area contributed by atoms with E-state index in [0.29, 0.717) is 12.8 Å². The molecule has 0 saturated carbocycles. The van der Waals surface area contributed by atoms with Crippen molar-refractivity contribution in [1.82, 2.24) is 0 Å². The van der Waals surface area contributed by atoms with E-state index in [0.717, 1.165) is 70.6 Å². The number of rotatable bonds is 62. The summed E-state index contributed by atoms with van der Waals surface area (Å²) >= 11 is 0. The molecule has 0 radical (unpaired) electrons. The summed E-state index contributed by atoms with van der Waals surface area (Å²) in [5.41, 5.74) is 0. The van der Waals surface area contributed by atoms with Gasteiger partial charge in [0.15, 0.2) is 6.10 Å². The minimum absolute atomic E-state index is 0.0627. The Hall–Kier alpha value is -2.66. The van der Waals surface area contributed by atoms with E-state index in [1.807, 2.05) is 0 Å². The molecule has 0 heterocycles. The van der Waals surface area contributed by atoms with Crippen molar-refractivity contribution in [2.24, 2.45) is 0 Å². The Kier molecular flexibility index (Phi) is 64.3. The van der Waals surface area contributed by atoms with E-state index >= 15 is 0 Å². The molecule has 1 atom stereocenters. The van der Waals surface area contributed by atoms with Gasteiger partial charge in [-0.3, -0.25) is 9.59 Å². The summed E-state index contributed by atoms with van der Waals surface area (Å²) in [5.74, 6) is -0.573. The van der Waals surface area contributed by atoms with Gasteiger partial charge in [-0.2, -0.15) is 0 Å². The van der Waals surface area contributed by atoms with Crippen LogP contribution >= 0.6 is 0 Å². The maximum absolute atomic E-state index is 12.4. The second-order valence-corrected chi connectivity index (χ2v) is 22.5. The summed E-state index contributed by atoms with van der Waals surface area (Å²) in [6.45, 7) is 4.06. The first kappa shape index (κ1) is 73.3. The number of aliphatic hydroxyl groups excluding tert-OH is 1. The minimum atomic E-state index is -0.773. The van der Waals surface area contributed by atoms with Gasteiger partial charge in [0, 0.05) is 12.8 Å². The van der Waals surface area contributed by atoms with Crippen LogP contribution in [0.2, 0.25) is 0 Å². The molecule has 0 spiro atoms. The Balaban J connectivity index is 3.41. The molecule has 0 aliphatic rings. The van der Waals surface area contributed by atoms with Gasteiger partial charge < -0.3 is 14.6 Å². The second kappa shape index (κ2) is 66.6. The van der Waals surface area contributed by atoms with Gasteiger partial charge in [0.05, 0.1) is 6.61 Å². The Morgan fingerprint density at radius 1 is 0.316 bits per heavy atom. The van der Waals surface area contributed by atoms with Crippen molar-refractivity contribution in [1.29, 1.82) is 0 Å². The predicted molar refractivity (Wildman–Crippen MR) is 334 cm³/mol. The molecule has 0 aromatic rings. The third-order valence-electron chi connectivity index (χ3n) is 15.0. The number of carbonyl (C=O) groups is 2. The number of unbranched alkanes of at least 4 members (excludes halogenated alkanes) is 42. The lowest BCUT2D eigenvalue weighted by Crippen LogP contribution is -2.28. The highest BCUT2D eigenvalue weighted by molar-refractivity contribution is 5.70. The van der Waals surface area contributed by atoms with Gasteiger partial charge in [0.2, 0.25) is 0 Å². The zero-order chi connectivity index (χ0) is 54.8. The Labute approximate surface area is 473 Å². The second-order valence-electron chi connectivity index (χ2n) is 22.5. The largest absolute Gasteiger partial charge is 0.462 e. The van der Waals surface area contributed by atoms with Crippen LogP contribution in [-0.2, 0) is 19.1 Å². The summed E-state index contributed by atoms with van der Waals surface area (Å²) in [5, 5.41) is 9.69. The molecular formula is C71H128O5. The van der Waals surface area contributed by atoms with Gasteiger partial charge in [-0.15, -0.1) is 0 Å². The number of esters is 2. The lowest BCUT2D eigenvalue weighted by atomic mass is 10.0. The zero-order valence-electron chi connectivity index (χ0n) is 50.8. The molecule has 0 aliphatic carbocycles. The highest BCUT2D eigenvalue weighted by Gasteiger charge is 2.16. The van der Waals surface area contributed by atoms with Crippen LogP contribution in [0.4, 0.5) is 0 Å². The van der Waals surface area contributed by atoms with Gasteiger partial charge in [-0.25, -0.2) is 0 Å². The van der Waals surface area contributed by atoms with Crippen molar-refractivity contribution in [2.45, 2.75) is 354 Å². The van der Waals surface area contributed by atoms with Crippen molar-refractivity contribution in [3.05, 3.63) is 72.9 Å². The number of hydrogen-bond donors (Lipinski definition) is 1. The van der Waals surface area contributed by atoms with Crippen LogP contribution in [0, 0.1) is 0 Å². The first-order valence-corrected chi connectivity index (χ1v) is 33.5. The summed E-state index contributed by atoms with van der Waals surface area (Å²) in [6, 6.07) is 0. The molecule has 0 saturated heterocycles. The van der Waals surface area contributed by atoms with Crippen molar-refractivity contribution in [2.75, 3.05) is 13.2 Å². The quantitative estimate of drug-likeness (QED) is 0.0373. The maximum Gasteiger partial charge on any atom is 0.306 e. The van der Waals surface area contributed by atoms with Crippen molar-refractivity contribution in [3.8, 4) is 0 Å². The van der Waals surface area contributed by atoms with Crippen LogP contribution in [0.25, 0.3) is 0 Å². The van der Waals surface area contributed by atoms with Crippen LogP contribution in [-0.4, -0.2) is 36.4 Å². The molecule has 442 valence electrons.